The maximum Gasteiger partial charge on any atom is 0.305 e. The molecule has 0 saturated carbocycles. The second-order valence-corrected chi connectivity index (χ2v) is 5.91. The highest BCUT2D eigenvalue weighted by atomic mass is 35.5. The van der Waals surface area contributed by atoms with Gasteiger partial charge in [0.15, 0.2) is 5.96 Å². The molecule has 7 heteroatoms. The van der Waals surface area contributed by atoms with Crippen molar-refractivity contribution in [1.29, 1.82) is 0 Å². The number of benzene rings is 1. The predicted molar refractivity (Wildman–Crippen MR) is 95.2 cm³/mol. The Balaban J connectivity index is 2.42. The maximum atomic E-state index is 11.0. The molecule has 0 aliphatic carbocycles. The summed E-state index contributed by atoms with van der Waals surface area (Å²) in [6.45, 7) is 2.72. The molecule has 0 saturated heterocycles. The third-order valence-electron chi connectivity index (χ3n) is 3.33. The normalized spacial score (nSPS) is 12.7. The van der Waals surface area contributed by atoms with E-state index in [0.29, 0.717) is 22.4 Å². The zero-order valence-corrected chi connectivity index (χ0v) is 15.2. The molecule has 2 N–H and O–H groups in total. The van der Waals surface area contributed by atoms with Crippen molar-refractivity contribution in [3.8, 4) is 0 Å². The number of carbonyl (C=O) groups excluding carboxylic acids is 1. The standard InChI is InChI=1S/C16H23Cl2N3O2/c1-11(13-8-7-12(17)10-14(13)18)21-16(19-2)20-9-5-4-6-15(22)23-3/h7-8,10-11H,4-6,9H2,1-3H3,(H2,19,20,21). The van der Waals surface area contributed by atoms with Crippen molar-refractivity contribution in [2.45, 2.75) is 32.2 Å². The first-order valence-corrected chi connectivity index (χ1v) is 8.22. The summed E-state index contributed by atoms with van der Waals surface area (Å²) in [5.41, 5.74) is 0.949. The summed E-state index contributed by atoms with van der Waals surface area (Å²) in [5, 5.41) is 7.71. The number of guanidine groups is 1. The molecule has 23 heavy (non-hydrogen) atoms. The molecule has 0 radical (unpaired) electrons. The lowest BCUT2D eigenvalue weighted by Crippen LogP contribution is -2.39. The molecular formula is C16H23Cl2N3O2. The van der Waals surface area contributed by atoms with E-state index in [1.54, 1.807) is 13.1 Å². The monoisotopic (exact) mass is 359 g/mol. The van der Waals surface area contributed by atoms with Gasteiger partial charge in [0.25, 0.3) is 0 Å². The van der Waals surface area contributed by atoms with Gasteiger partial charge in [-0.25, -0.2) is 0 Å². The Morgan fingerprint density at radius 1 is 1.35 bits per heavy atom. The fraction of sp³-hybridized carbons (Fsp3) is 0.500. The molecular weight excluding hydrogens is 337 g/mol. The van der Waals surface area contributed by atoms with E-state index >= 15 is 0 Å². The van der Waals surface area contributed by atoms with Gasteiger partial charge in [-0.2, -0.15) is 0 Å². The zero-order chi connectivity index (χ0) is 17.2. The highest BCUT2D eigenvalue weighted by Crippen LogP contribution is 2.25. The van der Waals surface area contributed by atoms with Gasteiger partial charge in [-0.1, -0.05) is 29.3 Å². The molecule has 0 aliphatic heterocycles. The van der Waals surface area contributed by atoms with Gasteiger partial charge in [0.05, 0.1) is 13.2 Å². The van der Waals surface area contributed by atoms with Crippen molar-refractivity contribution in [3.05, 3.63) is 33.8 Å². The first-order valence-electron chi connectivity index (χ1n) is 7.47. The number of nitrogens with zero attached hydrogens (tertiary/aromatic N) is 1. The summed E-state index contributed by atoms with van der Waals surface area (Å²) in [5.74, 6) is 0.500. The van der Waals surface area contributed by atoms with E-state index in [1.165, 1.54) is 7.11 Å². The number of aliphatic imine (C=N–C) groups is 1. The van der Waals surface area contributed by atoms with Crippen molar-refractivity contribution in [1.82, 2.24) is 10.6 Å². The van der Waals surface area contributed by atoms with Crippen molar-refractivity contribution in [2.24, 2.45) is 4.99 Å². The Labute approximate surface area is 147 Å². The summed E-state index contributed by atoms with van der Waals surface area (Å²) < 4.78 is 4.60. The average molecular weight is 360 g/mol. The predicted octanol–water partition coefficient (Wildman–Crippen LogP) is 3.56. The number of rotatable bonds is 7. The van der Waals surface area contributed by atoms with Crippen LogP contribution in [0.1, 0.15) is 37.8 Å². The van der Waals surface area contributed by atoms with Crippen molar-refractivity contribution >= 4 is 35.1 Å². The minimum atomic E-state index is -0.182. The number of halogens is 2. The van der Waals surface area contributed by atoms with Crippen LogP contribution < -0.4 is 10.6 Å². The van der Waals surface area contributed by atoms with Crippen molar-refractivity contribution < 1.29 is 9.53 Å². The number of unbranched alkanes of at least 4 members (excludes halogenated alkanes) is 1. The van der Waals surface area contributed by atoms with E-state index < -0.39 is 0 Å². The van der Waals surface area contributed by atoms with Crippen LogP contribution in [0, 0.1) is 0 Å². The molecule has 1 rings (SSSR count). The molecule has 0 aliphatic rings. The fourth-order valence-corrected chi connectivity index (χ4v) is 2.61. The molecule has 0 aromatic heterocycles. The van der Waals surface area contributed by atoms with E-state index in [9.17, 15) is 4.79 Å². The minimum absolute atomic E-state index is 0.0129. The van der Waals surface area contributed by atoms with Crippen LogP contribution >= 0.6 is 23.2 Å². The van der Waals surface area contributed by atoms with Gasteiger partial charge in [-0.3, -0.25) is 9.79 Å². The van der Waals surface area contributed by atoms with Crippen LogP contribution in [0.25, 0.3) is 0 Å². The lowest BCUT2D eigenvalue weighted by Gasteiger charge is -2.19. The van der Waals surface area contributed by atoms with Crippen molar-refractivity contribution in [2.75, 3.05) is 20.7 Å². The molecule has 1 unspecified atom stereocenters. The minimum Gasteiger partial charge on any atom is -0.469 e. The Hall–Kier alpha value is -1.46. The van der Waals surface area contributed by atoms with Crippen LogP contribution in [0.15, 0.2) is 23.2 Å². The molecule has 1 atom stereocenters. The third kappa shape index (κ3) is 7.10. The lowest BCUT2D eigenvalue weighted by atomic mass is 10.1. The molecule has 0 spiro atoms. The SMILES string of the molecule is CN=C(NCCCCC(=O)OC)NC(C)c1ccc(Cl)cc1Cl. The highest BCUT2D eigenvalue weighted by molar-refractivity contribution is 6.35. The first kappa shape index (κ1) is 19.6. The van der Waals surface area contributed by atoms with E-state index in [0.717, 1.165) is 24.9 Å². The molecule has 1 aromatic carbocycles. The lowest BCUT2D eigenvalue weighted by molar-refractivity contribution is -0.140. The Bertz CT molecular complexity index is 550. The van der Waals surface area contributed by atoms with E-state index in [4.69, 9.17) is 23.2 Å². The van der Waals surface area contributed by atoms with E-state index in [-0.39, 0.29) is 12.0 Å². The van der Waals surface area contributed by atoms with Crippen molar-refractivity contribution in [3.63, 3.8) is 0 Å². The van der Waals surface area contributed by atoms with Gasteiger partial charge in [0.1, 0.15) is 0 Å². The van der Waals surface area contributed by atoms with Gasteiger partial charge in [0, 0.05) is 30.1 Å². The number of carbonyl (C=O) groups is 1. The largest absolute Gasteiger partial charge is 0.469 e. The van der Waals surface area contributed by atoms with Gasteiger partial charge in [-0.05, 0) is 37.5 Å². The molecule has 0 bridgehead atoms. The molecule has 5 nitrogen and oxygen atoms in total. The van der Waals surface area contributed by atoms with E-state index in [2.05, 4.69) is 20.4 Å². The number of hydrogen-bond donors (Lipinski definition) is 2. The molecule has 0 heterocycles. The quantitative estimate of drug-likeness (QED) is 0.338. The fourth-order valence-electron chi connectivity index (χ4n) is 2.03. The summed E-state index contributed by atoms with van der Waals surface area (Å²) in [4.78, 5) is 15.2. The summed E-state index contributed by atoms with van der Waals surface area (Å²) in [7, 11) is 3.11. The molecule has 1 aromatic rings. The third-order valence-corrected chi connectivity index (χ3v) is 3.90. The average Bonchev–Trinajstić information content (AvgIpc) is 2.52. The second-order valence-electron chi connectivity index (χ2n) is 5.06. The van der Waals surface area contributed by atoms with Crippen LogP contribution in [-0.4, -0.2) is 32.6 Å². The Morgan fingerprint density at radius 2 is 2.09 bits per heavy atom. The van der Waals surface area contributed by atoms with Crippen LogP contribution in [0.2, 0.25) is 10.0 Å². The van der Waals surface area contributed by atoms with Crippen LogP contribution in [0.3, 0.4) is 0 Å². The number of hydrogen-bond acceptors (Lipinski definition) is 3. The van der Waals surface area contributed by atoms with Gasteiger partial charge in [0.2, 0.25) is 0 Å². The first-order chi connectivity index (χ1) is 11.0. The number of esters is 1. The van der Waals surface area contributed by atoms with Crippen LogP contribution in [-0.2, 0) is 9.53 Å². The van der Waals surface area contributed by atoms with Gasteiger partial charge >= 0.3 is 5.97 Å². The summed E-state index contributed by atoms with van der Waals surface area (Å²) in [6, 6.07) is 5.41. The smallest absolute Gasteiger partial charge is 0.305 e. The number of methoxy groups -OCH3 is 1. The Kier molecular flexibility index (Phi) is 8.81. The number of ether oxygens (including phenoxy) is 1. The second kappa shape index (κ2) is 10.3. The van der Waals surface area contributed by atoms with Crippen LogP contribution in [0.4, 0.5) is 0 Å². The Morgan fingerprint density at radius 3 is 2.70 bits per heavy atom. The van der Waals surface area contributed by atoms with E-state index in [1.807, 2.05) is 19.1 Å². The molecule has 128 valence electrons. The topological polar surface area (TPSA) is 62.7 Å². The zero-order valence-electron chi connectivity index (χ0n) is 13.7. The highest BCUT2D eigenvalue weighted by Gasteiger charge is 2.11. The summed E-state index contributed by atoms with van der Waals surface area (Å²) in [6.07, 6.45) is 2.06. The maximum absolute atomic E-state index is 11.0. The van der Waals surface area contributed by atoms with Gasteiger partial charge in [-0.15, -0.1) is 0 Å². The van der Waals surface area contributed by atoms with Crippen LogP contribution in [0.5, 0.6) is 0 Å². The number of nitrogens with one attached hydrogen (secondary N) is 2. The summed E-state index contributed by atoms with van der Waals surface area (Å²) >= 11 is 12.1. The molecule has 0 fully saturated rings. The molecule has 0 amide bonds. The van der Waals surface area contributed by atoms with Gasteiger partial charge < -0.3 is 15.4 Å².